The van der Waals surface area contributed by atoms with E-state index < -0.39 is 10.0 Å². The predicted molar refractivity (Wildman–Crippen MR) is 122 cm³/mol. The lowest BCUT2D eigenvalue weighted by Gasteiger charge is -2.32. The van der Waals surface area contributed by atoms with Gasteiger partial charge in [0.05, 0.1) is 4.90 Å². The Kier molecular flexibility index (Phi) is 7.83. The van der Waals surface area contributed by atoms with Crippen LogP contribution in [0.25, 0.3) is 0 Å². The van der Waals surface area contributed by atoms with Crippen LogP contribution >= 0.6 is 0 Å². The van der Waals surface area contributed by atoms with Gasteiger partial charge in [-0.2, -0.15) is 0 Å². The molecule has 0 bridgehead atoms. The number of sulfonamides is 1. The lowest BCUT2D eigenvalue weighted by molar-refractivity contribution is 0.0950. The van der Waals surface area contributed by atoms with Crippen molar-refractivity contribution in [3.63, 3.8) is 0 Å². The fourth-order valence-corrected chi connectivity index (χ4v) is 4.73. The number of hydrogen-bond acceptors (Lipinski definition) is 5. The van der Waals surface area contributed by atoms with Crippen LogP contribution in [0.3, 0.4) is 0 Å². The van der Waals surface area contributed by atoms with Gasteiger partial charge in [0.2, 0.25) is 10.0 Å². The molecule has 0 radical (unpaired) electrons. The molecule has 0 aliphatic carbocycles. The summed E-state index contributed by atoms with van der Waals surface area (Å²) in [4.78, 5) is 17.6. The van der Waals surface area contributed by atoms with Gasteiger partial charge in [-0.1, -0.05) is 37.3 Å². The lowest BCUT2D eigenvalue weighted by Crippen LogP contribution is -2.43. The third-order valence-electron chi connectivity index (χ3n) is 5.54. The maximum atomic E-state index is 12.8. The topological polar surface area (TPSA) is 81.7 Å². The quantitative estimate of drug-likeness (QED) is 0.651. The average molecular weight is 445 g/mol. The van der Waals surface area contributed by atoms with Gasteiger partial charge in [-0.15, -0.1) is 0 Å². The summed E-state index contributed by atoms with van der Waals surface area (Å²) < 4.78 is 27.0. The van der Waals surface area contributed by atoms with Crippen LogP contribution in [-0.2, 0) is 23.1 Å². The van der Waals surface area contributed by atoms with Crippen molar-refractivity contribution in [2.24, 2.45) is 0 Å². The van der Waals surface area contributed by atoms with E-state index in [0.717, 1.165) is 43.9 Å². The van der Waals surface area contributed by atoms with E-state index >= 15 is 0 Å². The number of nitrogens with zero attached hydrogens (tertiary/aromatic N) is 2. The highest BCUT2D eigenvalue weighted by molar-refractivity contribution is 7.89. The van der Waals surface area contributed by atoms with Gasteiger partial charge in [0.15, 0.2) is 0 Å². The summed E-state index contributed by atoms with van der Waals surface area (Å²) >= 11 is 0. The van der Waals surface area contributed by atoms with Crippen LogP contribution in [0.2, 0.25) is 0 Å². The van der Waals surface area contributed by atoms with Crippen molar-refractivity contribution in [2.45, 2.75) is 31.8 Å². The van der Waals surface area contributed by atoms with Gasteiger partial charge in [0.1, 0.15) is 0 Å². The molecule has 0 unspecified atom stereocenters. The first-order chi connectivity index (χ1) is 14.8. The summed E-state index contributed by atoms with van der Waals surface area (Å²) in [6.07, 6.45) is 0. The third kappa shape index (κ3) is 6.36. The van der Waals surface area contributed by atoms with Crippen LogP contribution in [0.15, 0.2) is 47.4 Å². The molecule has 2 N–H and O–H groups in total. The highest BCUT2D eigenvalue weighted by Gasteiger charge is 2.17. The summed E-state index contributed by atoms with van der Waals surface area (Å²) in [7, 11) is -1.46. The monoisotopic (exact) mass is 444 g/mol. The Balaban J connectivity index is 1.64. The molecule has 1 amide bonds. The number of aryl methyl sites for hydroxylation is 1. The maximum absolute atomic E-state index is 12.8. The molecule has 1 aliphatic heterocycles. The predicted octanol–water partition coefficient (Wildman–Crippen LogP) is 1.97. The molecule has 31 heavy (non-hydrogen) atoms. The first kappa shape index (κ1) is 23.4. The summed E-state index contributed by atoms with van der Waals surface area (Å²) in [6.45, 7) is 9.38. The maximum Gasteiger partial charge on any atom is 0.251 e. The summed E-state index contributed by atoms with van der Waals surface area (Å²) in [5.41, 5.74) is 3.35. The van der Waals surface area contributed by atoms with Crippen molar-refractivity contribution in [3.8, 4) is 0 Å². The summed E-state index contributed by atoms with van der Waals surface area (Å²) in [5, 5.41) is 2.93. The molecule has 2 aromatic rings. The van der Waals surface area contributed by atoms with Crippen molar-refractivity contribution in [2.75, 3.05) is 39.8 Å². The van der Waals surface area contributed by atoms with E-state index in [-0.39, 0.29) is 10.8 Å². The second kappa shape index (κ2) is 10.4. The second-order valence-electron chi connectivity index (χ2n) is 8.06. The Morgan fingerprint density at radius 1 is 1.03 bits per heavy atom. The lowest BCUT2D eigenvalue weighted by atomic mass is 10.1. The van der Waals surface area contributed by atoms with Crippen molar-refractivity contribution in [1.82, 2.24) is 19.8 Å². The molecule has 0 spiro atoms. The number of rotatable bonds is 8. The van der Waals surface area contributed by atoms with E-state index in [0.29, 0.717) is 18.7 Å². The molecule has 7 nitrogen and oxygen atoms in total. The Labute approximate surface area is 185 Å². The Bertz CT molecular complexity index is 1020. The first-order valence-corrected chi connectivity index (χ1v) is 12.1. The zero-order valence-corrected chi connectivity index (χ0v) is 19.3. The molecule has 1 heterocycles. The number of benzene rings is 2. The van der Waals surface area contributed by atoms with Gasteiger partial charge in [-0.25, -0.2) is 13.1 Å². The van der Waals surface area contributed by atoms with Crippen molar-refractivity contribution >= 4 is 15.9 Å². The molecule has 0 atom stereocenters. The Morgan fingerprint density at radius 3 is 2.45 bits per heavy atom. The normalized spacial score (nSPS) is 15.7. The SMILES string of the molecule is CCNS(=O)(=O)c1ccc(C)c(C(=O)NCc2cccc(CN3CCN(C)CC3)c2)c1. The van der Waals surface area contributed by atoms with E-state index in [4.69, 9.17) is 0 Å². The zero-order valence-electron chi connectivity index (χ0n) is 18.5. The van der Waals surface area contributed by atoms with Gasteiger partial charge in [-0.05, 0) is 42.8 Å². The van der Waals surface area contributed by atoms with Crippen LogP contribution in [0.4, 0.5) is 0 Å². The number of carbonyl (C=O) groups excluding carboxylic acids is 1. The van der Waals surface area contributed by atoms with Crippen LogP contribution < -0.4 is 10.0 Å². The van der Waals surface area contributed by atoms with Gasteiger partial charge >= 0.3 is 0 Å². The van der Waals surface area contributed by atoms with E-state index in [1.165, 1.54) is 17.7 Å². The van der Waals surface area contributed by atoms with E-state index in [9.17, 15) is 13.2 Å². The fourth-order valence-electron chi connectivity index (χ4n) is 3.67. The minimum absolute atomic E-state index is 0.0965. The number of carbonyl (C=O) groups is 1. The summed E-state index contributed by atoms with van der Waals surface area (Å²) in [5.74, 6) is -0.282. The highest BCUT2D eigenvalue weighted by atomic mass is 32.2. The molecule has 8 heteroatoms. The molecule has 1 aliphatic rings. The number of nitrogens with one attached hydrogen (secondary N) is 2. The van der Waals surface area contributed by atoms with E-state index in [1.54, 1.807) is 19.9 Å². The molecule has 0 aromatic heterocycles. The number of hydrogen-bond donors (Lipinski definition) is 2. The van der Waals surface area contributed by atoms with Crippen LogP contribution in [0.5, 0.6) is 0 Å². The molecule has 1 fully saturated rings. The Hall–Kier alpha value is -2.26. The highest BCUT2D eigenvalue weighted by Crippen LogP contribution is 2.16. The fraction of sp³-hybridized carbons (Fsp3) is 0.435. The number of piperazine rings is 1. The molecule has 168 valence electrons. The third-order valence-corrected chi connectivity index (χ3v) is 7.09. The standard InChI is InChI=1S/C23H32N4O3S/c1-4-25-31(29,30)21-9-8-18(2)22(15-21)23(28)24-16-19-6-5-7-20(14-19)17-27-12-10-26(3)11-13-27/h5-9,14-15,25H,4,10-13,16-17H2,1-3H3,(H,24,28). The minimum Gasteiger partial charge on any atom is -0.348 e. The zero-order chi connectivity index (χ0) is 22.4. The van der Waals surface area contributed by atoms with Gasteiger partial charge in [0.25, 0.3) is 5.91 Å². The van der Waals surface area contributed by atoms with Crippen LogP contribution in [0, 0.1) is 6.92 Å². The van der Waals surface area contributed by atoms with E-state index in [2.05, 4.69) is 39.0 Å². The van der Waals surface area contributed by atoms with Crippen molar-refractivity contribution in [1.29, 1.82) is 0 Å². The first-order valence-electron chi connectivity index (χ1n) is 10.7. The number of likely N-dealkylation sites (N-methyl/N-ethyl adjacent to an activating group) is 1. The Morgan fingerprint density at radius 2 is 1.74 bits per heavy atom. The average Bonchev–Trinajstić information content (AvgIpc) is 2.74. The summed E-state index contributed by atoms with van der Waals surface area (Å²) in [6, 6.07) is 12.9. The number of amides is 1. The van der Waals surface area contributed by atoms with Gasteiger partial charge < -0.3 is 10.2 Å². The molecular formula is C23H32N4O3S. The minimum atomic E-state index is -3.61. The van der Waals surface area contributed by atoms with Crippen molar-refractivity contribution in [3.05, 3.63) is 64.7 Å². The second-order valence-corrected chi connectivity index (χ2v) is 9.83. The van der Waals surface area contributed by atoms with Gasteiger partial charge in [-0.3, -0.25) is 9.69 Å². The van der Waals surface area contributed by atoms with Gasteiger partial charge in [0, 0.05) is 51.4 Å². The molecule has 0 saturated carbocycles. The smallest absolute Gasteiger partial charge is 0.251 e. The van der Waals surface area contributed by atoms with Crippen LogP contribution in [0.1, 0.15) is 34.0 Å². The van der Waals surface area contributed by atoms with E-state index in [1.807, 2.05) is 12.1 Å². The largest absolute Gasteiger partial charge is 0.348 e. The molecule has 2 aromatic carbocycles. The molecule has 3 rings (SSSR count). The molecular weight excluding hydrogens is 412 g/mol. The van der Waals surface area contributed by atoms with Crippen LogP contribution in [-0.4, -0.2) is 63.9 Å². The van der Waals surface area contributed by atoms with Crippen molar-refractivity contribution < 1.29 is 13.2 Å². The molecule has 1 saturated heterocycles.